The lowest BCUT2D eigenvalue weighted by atomic mass is 10.2. The molecule has 4 heteroatoms. The molecule has 0 saturated carbocycles. The molecular weight excluding hydrogens is 200 g/mol. The van der Waals surface area contributed by atoms with E-state index in [1.807, 2.05) is 18.2 Å². The van der Waals surface area contributed by atoms with Gasteiger partial charge in [0, 0.05) is 0 Å². The molecule has 2 rings (SSSR count). The van der Waals surface area contributed by atoms with Crippen molar-refractivity contribution in [3.63, 3.8) is 0 Å². The number of carbonyl (C=O) groups excluding carboxylic acids is 1. The van der Waals surface area contributed by atoms with E-state index in [-0.39, 0.29) is 0 Å². The Morgan fingerprint density at radius 2 is 2.36 bits per heavy atom. The molecule has 70 valence electrons. The Balaban J connectivity index is 2.39. The van der Waals surface area contributed by atoms with Gasteiger partial charge in [0.2, 0.25) is 5.24 Å². The molecule has 0 fully saturated rings. The molecule has 3 nitrogen and oxygen atoms in total. The number of aromatic amines is 1. The first-order chi connectivity index (χ1) is 6.75. The average Bonchev–Trinajstić information content (AvgIpc) is 2.61. The Labute approximate surface area is 85.4 Å². The summed E-state index contributed by atoms with van der Waals surface area (Å²) < 4.78 is 0. The van der Waals surface area contributed by atoms with Crippen molar-refractivity contribution in [1.82, 2.24) is 9.97 Å². The number of hydrogen-bond acceptors (Lipinski definition) is 2. The molecule has 0 bridgehead atoms. The van der Waals surface area contributed by atoms with Crippen molar-refractivity contribution in [2.75, 3.05) is 0 Å². The number of carbonyl (C=O) groups is 1. The number of benzene rings is 1. The van der Waals surface area contributed by atoms with Gasteiger partial charge in [-0.2, -0.15) is 0 Å². The van der Waals surface area contributed by atoms with Crippen LogP contribution in [0.5, 0.6) is 0 Å². The van der Waals surface area contributed by atoms with Crippen LogP contribution in [0.2, 0.25) is 0 Å². The van der Waals surface area contributed by atoms with Gasteiger partial charge >= 0.3 is 0 Å². The highest BCUT2D eigenvalue weighted by Gasteiger charge is 1.95. The molecule has 0 spiro atoms. The SMILES string of the molecule is O=C(Cl)C=Cc1ccc2nc[nH]c2c1. The van der Waals surface area contributed by atoms with Gasteiger partial charge in [0.15, 0.2) is 0 Å². The van der Waals surface area contributed by atoms with Crippen LogP contribution in [0.4, 0.5) is 0 Å². The van der Waals surface area contributed by atoms with Gasteiger partial charge in [-0.3, -0.25) is 4.79 Å². The molecule has 1 aromatic heterocycles. The number of H-pyrrole nitrogens is 1. The zero-order valence-corrected chi connectivity index (χ0v) is 7.95. The molecule has 0 amide bonds. The summed E-state index contributed by atoms with van der Waals surface area (Å²) in [5.41, 5.74) is 2.75. The summed E-state index contributed by atoms with van der Waals surface area (Å²) in [6.07, 6.45) is 4.61. The first kappa shape index (κ1) is 8.97. The summed E-state index contributed by atoms with van der Waals surface area (Å²) in [4.78, 5) is 17.6. The minimum absolute atomic E-state index is 0.477. The topological polar surface area (TPSA) is 45.8 Å². The van der Waals surface area contributed by atoms with Crippen molar-refractivity contribution in [2.45, 2.75) is 0 Å². The maximum absolute atomic E-state index is 10.5. The maximum atomic E-state index is 10.5. The van der Waals surface area contributed by atoms with Gasteiger partial charge in [-0.05, 0) is 35.4 Å². The second-order valence-corrected chi connectivity index (χ2v) is 3.19. The number of aromatic nitrogens is 2. The largest absolute Gasteiger partial charge is 0.345 e. The quantitative estimate of drug-likeness (QED) is 0.606. The van der Waals surface area contributed by atoms with E-state index in [1.165, 1.54) is 6.08 Å². The van der Waals surface area contributed by atoms with E-state index in [2.05, 4.69) is 9.97 Å². The number of nitrogens with one attached hydrogen (secondary N) is 1. The van der Waals surface area contributed by atoms with Gasteiger partial charge in [0.25, 0.3) is 0 Å². The van der Waals surface area contributed by atoms with Crippen molar-refractivity contribution >= 4 is 34.0 Å². The molecule has 0 radical (unpaired) electrons. The summed E-state index contributed by atoms with van der Waals surface area (Å²) in [5.74, 6) is 0. The van der Waals surface area contributed by atoms with Crippen molar-refractivity contribution in [1.29, 1.82) is 0 Å². The summed E-state index contributed by atoms with van der Waals surface area (Å²) in [6, 6.07) is 5.66. The first-order valence-corrected chi connectivity index (χ1v) is 4.44. The highest BCUT2D eigenvalue weighted by Crippen LogP contribution is 2.12. The molecule has 1 aromatic carbocycles. The van der Waals surface area contributed by atoms with Gasteiger partial charge in [0.1, 0.15) is 0 Å². The van der Waals surface area contributed by atoms with Crippen molar-refractivity contribution in [2.24, 2.45) is 0 Å². The Hall–Kier alpha value is -1.61. The Morgan fingerprint density at radius 3 is 3.14 bits per heavy atom. The van der Waals surface area contributed by atoms with E-state index < -0.39 is 5.24 Å². The monoisotopic (exact) mass is 206 g/mol. The lowest BCUT2D eigenvalue weighted by molar-refractivity contribution is -0.107. The number of fused-ring (bicyclic) bond motifs is 1. The molecule has 14 heavy (non-hydrogen) atoms. The van der Waals surface area contributed by atoms with Crippen LogP contribution in [-0.4, -0.2) is 15.2 Å². The van der Waals surface area contributed by atoms with Gasteiger partial charge < -0.3 is 4.98 Å². The van der Waals surface area contributed by atoms with E-state index in [0.717, 1.165) is 16.6 Å². The maximum Gasteiger partial charge on any atom is 0.245 e. The molecule has 1 N–H and O–H groups in total. The number of rotatable bonds is 2. The predicted molar refractivity (Wildman–Crippen MR) is 56.0 cm³/mol. The fourth-order valence-electron chi connectivity index (χ4n) is 1.22. The molecule has 0 aliphatic carbocycles. The highest BCUT2D eigenvalue weighted by molar-refractivity contribution is 6.66. The first-order valence-electron chi connectivity index (χ1n) is 4.06. The van der Waals surface area contributed by atoms with E-state index >= 15 is 0 Å². The fraction of sp³-hybridized carbons (Fsp3) is 0. The van der Waals surface area contributed by atoms with Crippen LogP contribution in [0.25, 0.3) is 17.1 Å². The zero-order valence-electron chi connectivity index (χ0n) is 7.20. The van der Waals surface area contributed by atoms with E-state index in [4.69, 9.17) is 11.6 Å². The van der Waals surface area contributed by atoms with Crippen LogP contribution >= 0.6 is 11.6 Å². The molecule has 2 aromatic rings. The lowest BCUT2D eigenvalue weighted by Gasteiger charge is -1.92. The standard InChI is InChI=1S/C10H7ClN2O/c11-10(14)4-2-7-1-3-8-9(5-7)13-6-12-8/h1-6H,(H,12,13). The molecule has 0 saturated heterocycles. The summed E-state index contributed by atoms with van der Waals surface area (Å²) in [6.45, 7) is 0. The summed E-state index contributed by atoms with van der Waals surface area (Å²) in [5, 5.41) is -0.477. The van der Waals surface area contributed by atoms with Crippen LogP contribution in [0.15, 0.2) is 30.6 Å². The predicted octanol–water partition coefficient (Wildman–Crippen LogP) is 2.34. The van der Waals surface area contributed by atoms with Crippen molar-refractivity contribution < 1.29 is 4.79 Å². The van der Waals surface area contributed by atoms with Gasteiger partial charge in [0.05, 0.1) is 17.4 Å². The van der Waals surface area contributed by atoms with Crippen LogP contribution in [-0.2, 0) is 4.79 Å². The third kappa shape index (κ3) is 1.83. The normalized spacial score (nSPS) is 11.2. The molecule has 0 atom stereocenters. The summed E-state index contributed by atoms with van der Waals surface area (Å²) >= 11 is 5.18. The number of imidazole rings is 1. The molecular formula is C10H7ClN2O. The molecule has 0 aliphatic heterocycles. The molecule has 0 aliphatic rings. The van der Waals surface area contributed by atoms with Gasteiger partial charge in [-0.1, -0.05) is 12.1 Å². The second-order valence-electron chi connectivity index (χ2n) is 2.82. The minimum atomic E-state index is -0.477. The van der Waals surface area contributed by atoms with Crippen molar-refractivity contribution in [3.8, 4) is 0 Å². The highest BCUT2D eigenvalue weighted by atomic mass is 35.5. The Kier molecular flexibility index (Phi) is 2.33. The smallest absolute Gasteiger partial charge is 0.245 e. The lowest BCUT2D eigenvalue weighted by Crippen LogP contribution is -1.77. The van der Waals surface area contributed by atoms with Crippen LogP contribution in [0.3, 0.4) is 0 Å². The van der Waals surface area contributed by atoms with Crippen LogP contribution in [0, 0.1) is 0 Å². The summed E-state index contributed by atoms with van der Waals surface area (Å²) in [7, 11) is 0. The van der Waals surface area contributed by atoms with Crippen LogP contribution < -0.4 is 0 Å². The second kappa shape index (κ2) is 3.64. The van der Waals surface area contributed by atoms with E-state index in [9.17, 15) is 4.79 Å². The minimum Gasteiger partial charge on any atom is -0.345 e. The Bertz CT molecular complexity index is 502. The van der Waals surface area contributed by atoms with Gasteiger partial charge in [-0.15, -0.1) is 0 Å². The number of halogens is 1. The van der Waals surface area contributed by atoms with E-state index in [1.54, 1.807) is 12.4 Å². The number of allylic oxidation sites excluding steroid dienone is 1. The molecule has 1 heterocycles. The van der Waals surface area contributed by atoms with Crippen molar-refractivity contribution in [3.05, 3.63) is 36.2 Å². The van der Waals surface area contributed by atoms with Crippen LogP contribution in [0.1, 0.15) is 5.56 Å². The number of hydrogen-bond donors (Lipinski definition) is 1. The average molecular weight is 207 g/mol. The molecule has 0 unspecified atom stereocenters. The third-order valence-electron chi connectivity index (χ3n) is 1.85. The fourth-order valence-corrected chi connectivity index (χ4v) is 1.28. The zero-order chi connectivity index (χ0) is 9.97. The third-order valence-corrected chi connectivity index (χ3v) is 1.98. The van der Waals surface area contributed by atoms with E-state index in [0.29, 0.717) is 0 Å². The number of nitrogens with zero attached hydrogens (tertiary/aromatic N) is 1. The van der Waals surface area contributed by atoms with Gasteiger partial charge in [-0.25, -0.2) is 4.98 Å². The Morgan fingerprint density at radius 1 is 1.50 bits per heavy atom.